The van der Waals surface area contributed by atoms with Crippen molar-refractivity contribution in [3.63, 3.8) is 0 Å². The van der Waals surface area contributed by atoms with E-state index in [0.717, 1.165) is 12.1 Å². The van der Waals surface area contributed by atoms with Gasteiger partial charge in [-0.1, -0.05) is 26.0 Å². The van der Waals surface area contributed by atoms with E-state index >= 15 is 0 Å². The van der Waals surface area contributed by atoms with Gasteiger partial charge in [-0.2, -0.15) is 17.6 Å². The highest BCUT2D eigenvalue weighted by Crippen LogP contribution is 2.28. The Morgan fingerprint density at radius 2 is 1.89 bits per heavy atom. The van der Waals surface area contributed by atoms with E-state index in [1.807, 2.05) is 0 Å². The van der Waals surface area contributed by atoms with Crippen LogP contribution in [0, 0.1) is 5.92 Å². The molecule has 0 heterocycles. The second-order valence-electron chi connectivity index (χ2n) is 4.01. The van der Waals surface area contributed by atoms with Crippen LogP contribution in [-0.2, 0) is 0 Å². The Balaban J connectivity index is 2.93. The average Bonchev–Trinajstić information content (AvgIpc) is 2.27. The zero-order valence-electron chi connectivity index (χ0n) is 9.79. The van der Waals surface area contributed by atoms with E-state index in [-0.39, 0.29) is 17.3 Å². The molecule has 0 atom stereocenters. The molecule has 0 saturated carbocycles. The second-order valence-corrected chi connectivity index (χ2v) is 4.01. The van der Waals surface area contributed by atoms with Gasteiger partial charge in [0.15, 0.2) is 5.78 Å². The van der Waals surface area contributed by atoms with Crippen molar-refractivity contribution in [1.29, 1.82) is 0 Å². The molecule has 6 heteroatoms. The number of hydrogen-bond donors (Lipinski definition) is 0. The molecule has 0 unspecified atom stereocenters. The number of ketones is 1. The highest BCUT2D eigenvalue weighted by atomic mass is 19.3. The second kappa shape index (κ2) is 5.37. The van der Waals surface area contributed by atoms with Crippen molar-refractivity contribution in [2.75, 3.05) is 0 Å². The average molecular weight is 264 g/mol. The van der Waals surface area contributed by atoms with Gasteiger partial charge in [-0.25, -0.2) is 0 Å². The summed E-state index contributed by atoms with van der Waals surface area (Å²) < 4.78 is 53.1. The summed E-state index contributed by atoms with van der Waals surface area (Å²) in [5.74, 6) is -1.07. The molecule has 0 amide bonds. The number of rotatable bonds is 5. The van der Waals surface area contributed by atoms with Crippen LogP contribution in [0.5, 0.6) is 5.75 Å². The minimum atomic E-state index is -4.57. The summed E-state index contributed by atoms with van der Waals surface area (Å²) in [6.07, 6.45) is -8.50. The highest BCUT2D eigenvalue weighted by molar-refractivity contribution is 5.97. The monoisotopic (exact) mass is 264 g/mol. The van der Waals surface area contributed by atoms with Crippen LogP contribution in [-0.4, -0.2) is 18.3 Å². The van der Waals surface area contributed by atoms with E-state index in [4.69, 9.17) is 0 Å². The Bertz CT molecular complexity index is 430. The summed E-state index contributed by atoms with van der Waals surface area (Å²) in [4.78, 5) is 11.6. The van der Waals surface area contributed by atoms with Crippen LogP contribution in [0.15, 0.2) is 24.3 Å². The predicted molar refractivity (Wildman–Crippen MR) is 57.2 cm³/mol. The summed E-state index contributed by atoms with van der Waals surface area (Å²) in [7, 11) is 0. The highest BCUT2D eigenvalue weighted by Gasteiger charge is 2.44. The number of benzene rings is 1. The Labute approximate surface area is 102 Å². The predicted octanol–water partition coefficient (Wildman–Crippen LogP) is 3.76. The van der Waals surface area contributed by atoms with Gasteiger partial charge in [0.2, 0.25) is 0 Å². The Morgan fingerprint density at radius 3 is 2.39 bits per heavy atom. The van der Waals surface area contributed by atoms with Crippen molar-refractivity contribution >= 4 is 5.78 Å². The van der Waals surface area contributed by atoms with Crippen LogP contribution >= 0.6 is 0 Å². The van der Waals surface area contributed by atoms with E-state index in [0.29, 0.717) is 0 Å². The number of alkyl halides is 4. The summed E-state index contributed by atoms with van der Waals surface area (Å²) in [5.41, 5.74) is 0.146. The lowest BCUT2D eigenvalue weighted by atomic mass is 10.0. The van der Waals surface area contributed by atoms with Crippen LogP contribution in [0.2, 0.25) is 0 Å². The summed E-state index contributed by atoms with van der Waals surface area (Å²) in [5, 5.41) is 0. The molecule has 0 spiro atoms. The molecular formula is C12H12F4O2. The lowest BCUT2D eigenvalue weighted by Crippen LogP contribution is -2.33. The molecular weight excluding hydrogens is 252 g/mol. The molecule has 0 saturated heterocycles. The molecule has 0 aliphatic heterocycles. The topological polar surface area (TPSA) is 26.3 Å². The Kier molecular flexibility index (Phi) is 4.32. The Morgan fingerprint density at radius 1 is 1.28 bits per heavy atom. The Hall–Kier alpha value is -1.59. The molecule has 0 aliphatic carbocycles. The first-order chi connectivity index (χ1) is 8.24. The molecule has 0 fully saturated rings. The quantitative estimate of drug-likeness (QED) is 0.598. The fourth-order valence-corrected chi connectivity index (χ4v) is 1.25. The summed E-state index contributed by atoms with van der Waals surface area (Å²) in [6, 6.07) is 4.83. The van der Waals surface area contributed by atoms with Gasteiger partial charge in [0.25, 0.3) is 0 Å². The number of halogens is 4. The number of Topliss-reactive ketones (excluding diaryl/α,β-unsaturated/α-hetero) is 1. The van der Waals surface area contributed by atoms with Crippen LogP contribution in [0.1, 0.15) is 24.2 Å². The zero-order chi connectivity index (χ0) is 13.9. The lowest BCUT2D eigenvalue weighted by Gasteiger charge is -2.17. The molecule has 0 bridgehead atoms. The lowest BCUT2D eigenvalue weighted by molar-refractivity contribution is -0.253. The molecule has 100 valence electrons. The third-order valence-electron chi connectivity index (χ3n) is 2.15. The largest absolute Gasteiger partial charge is 0.461 e. The smallest absolute Gasteiger partial charge is 0.428 e. The van der Waals surface area contributed by atoms with Gasteiger partial charge < -0.3 is 4.74 Å². The summed E-state index contributed by atoms with van der Waals surface area (Å²) in [6.45, 7) is 3.28. The number of carbonyl (C=O) groups is 1. The van der Waals surface area contributed by atoms with E-state index in [9.17, 15) is 22.4 Å². The minimum absolute atomic E-state index is 0.146. The molecule has 2 nitrogen and oxygen atoms in total. The molecule has 0 radical (unpaired) electrons. The first kappa shape index (κ1) is 14.5. The maximum atomic E-state index is 12.7. The molecule has 18 heavy (non-hydrogen) atoms. The molecule has 0 N–H and O–H groups in total. The summed E-state index contributed by atoms with van der Waals surface area (Å²) >= 11 is 0. The minimum Gasteiger partial charge on any atom is -0.428 e. The fourth-order valence-electron chi connectivity index (χ4n) is 1.25. The van der Waals surface area contributed by atoms with Gasteiger partial charge in [-0.15, -0.1) is 0 Å². The van der Waals surface area contributed by atoms with Gasteiger partial charge in [-0.3, -0.25) is 4.79 Å². The van der Waals surface area contributed by atoms with Gasteiger partial charge >= 0.3 is 12.5 Å². The van der Waals surface area contributed by atoms with Crippen LogP contribution in [0.4, 0.5) is 17.6 Å². The first-order valence-electron chi connectivity index (χ1n) is 5.23. The third kappa shape index (κ3) is 3.45. The zero-order valence-corrected chi connectivity index (χ0v) is 9.79. The molecule has 0 aromatic heterocycles. The number of hydrogen-bond acceptors (Lipinski definition) is 2. The van der Waals surface area contributed by atoms with Crippen molar-refractivity contribution in [1.82, 2.24) is 0 Å². The standard InChI is InChI=1S/C12H12F4O2/c1-7(2)10(17)8-4-3-5-9(6-8)18-12(15,16)11(13)14/h3-7,11H,1-2H3. The van der Waals surface area contributed by atoms with Crippen molar-refractivity contribution in [3.05, 3.63) is 29.8 Å². The van der Waals surface area contributed by atoms with Crippen LogP contribution in [0.3, 0.4) is 0 Å². The number of ether oxygens (including phenoxy) is 1. The number of carbonyl (C=O) groups excluding carboxylic acids is 1. The van der Waals surface area contributed by atoms with E-state index in [1.165, 1.54) is 12.1 Å². The van der Waals surface area contributed by atoms with Crippen molar-refractivity contribution in [2.45, 2.75) is 26.4 Å². The third-order valence-corrected chi connectivity index (χ3v) is 2.15. The SMILES string of the molecule is CC(C)C(=O)c1cccc(OC(F)(F)C(F)F)c1. The van der Waals surface area contributed by atoms with Crippen molar-refractivity contribution in [3.8, 4) is 5.75 Å². The van der Waals surface area contributed by atoms with Crippen LogP contribution in [0.25, 0.3) is 0 Å². The van der Waals surface area contributed by atoms with Gasteiger partial charge in [0.1, 0.15) is 5.75 Å². The van der Waals surface area contributed by atoms with E-state index < -0.39 is 18.3 Å². The van der Waals surface area contributed by atoms with E-state index in [2.05, 4.69) is 4.74 Å². The fraction of sp³-hybridized carbons (Fsp3) is 0.417. The van der Waals surface area contributed by atoms with Crippen molar-refractivity contribution < 1.29 is 27.1 Å². The van der Waals surface area contributed by atoms with Gasteiger partial charge in [0.05, 0.1) is 0 Å². The van der Waals surface area contributed by atoms with E-state index in [1.54, 1.807) is 13.8 Å². The molecule has 1 aromatic rings. The molecule has 1 rings (SSSR count). The normalized spacial score (nSPS) is 12.0. The maximum absolute atomic E-state index is 12.7. The van der Waals surface area contributed by atoms with Gasteiger partial charge in [-0.05, 0) is 12.1 Å². The van der Waals surface area contributed by atoms with Gasteiger partial charge in [0, 0.05) is 11.5 Å². The molecule has 1 aromatic carbocycles. The molecule has 0 aliphatic rings. The first-order valence-corrected chi connectivity index (χ1v) is 5.23. The van der Waals surface area contributed by atoms with Crippen molar-refractivity contribution in [2.24, 2.45) is 5.92 Å². The van der Waals surface area contributed by atoms with Crippen LogP contribution < -0.4 is 4.74 Å². The maximum Gasteiger partial charge on any atom is 0.461 e.